The number of thiocarbonyl (C=S) groups is 1. The molecule has 0 saturated heterocycles. The molecule has 1 rings (SSSR count). The van der Waals surface area contributed by atoms with Crippen molar-refractivity contribution < 1.29 is 45.4 Å². The molecule has 0 amide bonds. The molecule has 218 valence electrons. The van der Waals surface area contributed by atoms with Crippen LogP contribution in [0.5, 0.6) is 0 Å². The van der Waals surface area contributed by atoms with E-state index in [9.17, 15) is 15.0 Å². The van der Waals surface area contributed by atoms with Crippen LogP contribution in [0.15, 0.2) is 24.3 Å². The number of aliphatic carboxylic acids is 1. The topological polar surface area (TPSA) is 176 Å². The lowest BCUT2D eigenvalue weighted by Gasteiger charge is -2.35. The van der Waals surface area contributed by atoms with Gasteiger partial charge in [-0.1, -0.05) is 12.1 Å². The van der Waals surface area contributed by atoms with Gasteiger partial charge >= 0.3 is 5.97 Å². The number of aliphatic hydroxyl groups excluding tert-OH is 1. The number of benzene rings is 1. The molecule has 0 bridgehead atoms. The normalized spacial score (nSPS) is 12.3. The molecule has 14 heteroatoms. The first-order valence-electron chi connectivity index (χ1n) is 12.5. The van der Waals surface area contributed by atoms with Crippen molar-refractivity contribution in [2.75, 3.05) is 71.5 Å². The van der Waals surface area contributed by atoms with E-state index in [1.54, 1.807) is 7.05 Å². The van der Waals surface area contributed by atoms with Crippen molar-refractivity contribution in [1.82, 2.24) is 15.1 Å². The van der Waals surface area contributed by atoms with Crippen molar-refractivity contribution in [2.45, 2.75) is 31.7 Å². The zero-order chi connectivity index (χ0) is 28.2. The van der Waals surface area contributed by atoms with Crippen LogP contribution in [0, 0.1) is 5.92 Å². The number of anilines is 1. The Kier molecular flexibility index (Phi) is 18.7. The predicted octanol–water partition coefficient (Wildman–Crippen LogP) is 1.45. The first kappa shape index (κ1) is 34.0. The first-order chi connectivity index (χ1) is 18.4. The van der Waals surface area contributed by atoms with Crippen LogP contribution in [0.25, 0.3) is 0 Å². The summed E-state index contributed by atoms with van der Waals surface area (Å²) in [7, 11) is 1.73. The van der Waals surface area contributed by atoms with Gasteiger partial charge in [0.1, 0.15) is 0 Å². The fourth-order valence-electron chi connectivity index (χ4n) is 4.22. The molecule has 38 heavy (non-hydrogen) atoms. The Morgan fingerprint density at radius 1 is 0.974 bits per heavy atom. The molecule has 1 aromatic rings. The van der Waals surface area contributed by atoms with E-state index in [0.29, 0.717) is 57.0 Å². The highest BCUT2D eigenvalue weighted by molar-refractivity contribution is 7.80. The van der Waals surface area contributed by atoms with Crippen LogP contribution in [0.2, 0.25) is 0 Å². The van der Waals surface area contributed by atoms with Crippen LogP contribution in [-0.4, -0.2) is 119 Å². The molecular formula is C24H42N4O9S. The van der Waals surface area contributed by atoms with Gasteiger partial charge in [0.25, 0.3) is 0 Å². The van der Waals surface area contributed by atoms with Crippen LogP contribution >= 0.6 is 12.2 Å². The van der Waals surface area contributed by atoms with Crippen molar-refractivity contribution in [3.05, 3.63) is 29.8 Å². The largest absolute Gasteiger partial charge is 0.480 e. The molecule has 0 spiro atoms. The summed E-state index contributed by atoms with van der Waals surface area (Å²) in [6.45, 7) is 1.43. The number of rotatable bonds is 22. The molecule has 0 aliphatic rings. The second-order valence-electron chi connectivity index (χ2n) is 8.88. The van der Waals surface area contributed by atoms with E-state index < -0.39 is 5.97 Å². The number of carboxylic acid groups (broad SMARTS) is 1. The summed E-state index contributed by atoms with van der Waals surface area (Å²) in [5.41, 5.74) is 1.82. The van der Waals surface area contributed by atoms with Crippen LogP contribution in [0.3, 0.4) is 0 Å². The van der Waals surface area contributed by atoms with Gasteiger partial charge in [0.05, 0.1) is 33.0 Å². The molecule has 0 fully saturated rings. The summed E-state index contributed by atoms with van der Waals surface area (Å²) in [6, 6.07) is 7.50. The molecule has 0 aliphatic carbocycles. The second kappa shape index (κ2) is 20.9. The van der Waals surface area contributed by atoms with Gasteiger partial charge in [-0.25, -0.2) is 14.7 Å². The molecule has 0 heterocycles. The Bertz CT molecular complexity index is 768. The molecule has 1 atom stereocenters. The zero-order valence-electron chi connectivity index (χ0n) is 21.8. The number of nitrogens with zero attached hydrogens (tertiary/aromatic N) is 2. The molecule has 0 saturated carbocycles. The minimum atomic E-state index is -0.971. The Balaban J connectivity index is 3.07. The maximum absolute atomic E-state index is 11.7. The number of aliphatic hydroxyl groups is 1. The Morgan fingerprint density at radius 2 is 1.61 bits per heavy atom. The summed E-state index contributed by atoms with van der Waals surface area (Å²) >= 11 is 5.14. The number of carbonyl (C=O) groups is 1. The van der Waals surface area contributed by atoms with Gasteiger partial charge in [-0.05, 0) is 68.1 Å². The first-order valence-corrected chi connectivity index (χ1v) is 12.9. The van der Waals surface area contributed by atoms with Crippen molar-refractivity contribution in [3.63, 3.8) is 0 Å². The van der Waals surface area contributed by atoms with Gasteiger partial charge in [-0.15, -0.1) is 0 Å². The highest BCUT2D eigenvalue weighted by Gasteiger charge is 2.24. The third kappa shape index (κ3) is 14.8. The minimum absolute atomic E-state index is 0.0316. The highest BCUT2D eigenvalue weighted by Crippen LogP contribution is 2.18. The third-order valence-electron chi connectivity index (χ3n) is 6.20. The van der Waals surface area contributed by atoms with Crippen molar-refractivity contribution in [1.29, 1.82) is 0 Å². The molecule has 7 N–H and O–H groups in total. The third-order valence-corrected chi connectivity index (χ3v) is 6.51. The molecule has 0 aromatic heterocycles. The van der Waals surface area contributed by atoms with Gasteiger partial charge in [-0.2, -0.15) is 0 Å². The fraction of sp³-hybridized carbons (Fsp3) is 0.667. The summed E-state index contributed by atoms with van der Waals surface area (Å²) < 4.78 is 0. The number of carboxylic acids is 1. The zero-order valence-corrected chi connectivity index (χ0v) is 22.6. The fourth-order valence-corrected chi connectivity index (χ4v) is 4.34. The Hall–Kier alpha value is -1.98. The lowest BCUT2D eigenvalue weighted by molar-refractivity contribution is -0.250. The SMILES string of the molecule is CNC(=S)Nc1ccc(CC(CN(CCC(CCOO)CCOO)CC(=O)O)N(CCO)CCOO)cc1. The molecule has 13 nitrogen and oxygen atoms in total. The van der Waals surface area contributed by atoms with E-state index in [0.717, 1.165) is 11.3 Å². The summed E-state index contributed by atoms with van der Waals surface area (Å²) in [4.78, 5) is 28.1. The number of hydrogen-bond acceptors (Lipinski definition) is 11. The minimum Gasteiger partial charge on any atom is -0.480 e. The molecule has 0 aliphatic heterocycles. The Labute approximate surface area is 228 Å². The second-order valence-corrected chi connectivity index (χ2v) is 9.29. The average Bonchev–Trinajstić information content (AvgIpc) is 2.90. The number of nitrogens with one attached hydrogen (secondary N) is 2. The van der Waals surface area contributed by atoms with Crippen molar-refractivity contribution >= 4 is 29.0 Å². The van der Waals surface area contributed by atoms with Crippen molar-refractivity contribution in [3.8, 4) is 0 Å². The predicted molar refractivity (Wildman–Crippen MR) is 145 cm³/mol. The summed E-state index contributed by atoms with van der Waals surface area (Å²) in [6.07, 6.45) is 2.19. The van der Waals surface area contributed by atoms with Crippen LogP contribution in [0.4, 0.5) is 5.69 Å². The van der Waals surface area contributed by atoms with Gasteiger partial charge in [0, 0.05) is 38.4 Å². The smallest absolute Gasteiger partial charge is 0.317 e. The van der Waals surface area contributed by atoms with Crippen LogP contribution < -0.4 is 10.6 Å². The molecule has 0 radical (unpaired) electrons. The van der Waals surface area contributed by atoms with Gasteiger partial charge in [-0.3, -0.25) is 30.4 Å². The average molecular weight is 563 g/mol. The molecule has 1 aromatic carbocycles. The van der Waals surface area contributed by atoms with E-state index in [2.05, 4.69) is 25.3 Å². The van der Waals surface area contributed by atoms with E-state index in [-0.39, 0.29) is 44.9 Å². The lowest BCUT2D eigenvalue weighted by Crippen LogP contribution is -2.49. The van der Waals surface area contributed by atoms with E-state index in [1.165, 1.54) is 0 Å². The van der Waals surface area contributed by atoms with Gasteiger partial charge in [0.2, 0.25) is 0 Å². The number of hydrogen-bond donors (Lipinski definition) is 7. The van der Waals surface area contributed by atoms with Crippen molar-refractivity contribution in [2.24, 2.45) is 5.92 Å². The van der Waals surface area contributed by atoms with Crippen LogP contribution in [-0.2, 0) is 25.9 Å². The van der Waals surface area contributed by atoms with Gasteiger partial charge in [0.15, 0.2) is 5.11 Å². The quantitative estimate of drug-likeness (QED) is 0.0614. The lowest BCUT2D eigenvalue weighted by atomic mass is 9.97. The summed E-state index contributed by atoms with van der Waals surface area (Å²) in [5, 5.41) is 52.0. The van der Waals surface area contributed by atoms with Gasteiger partial charge < -0.3 is 20.8 Å². The Morgan fingerprint density at radius 3 is 2.13 bits per heavy atom. The maximum Gasteiger partial charge on any atom is 0.317 e. The van der Waals surface area contributed by atoms with E-state index >= 15 is 0 Å². The van der Waals surface area contributed by atoms with Crippen LogP contribution in [0.1, 0.15) is 24.8 Å². The van der Waals surface area contributed by atoms with E-state index in [1.807, 2.05) is 34.1 Å². The molecule has 1 unspecified atom stereocenters. The highest BCUT2D eigenvalue weighted by atomic mass is 32.1. The maximum atomic E-state index is 11.7. The molecular weight excluding hydrogens is 520 g/mol. The monoisotopic (exact) mass is 562 g/mol. The summed E-state index contributed by atoms with van der Waals surface area (Å²) in [5.74, 6) is -0.940. The van der Waals surface area contributed by atoms with E-state index in [4.69, 9.17) is 28.0 Å². The standard InChI is InChI=1S/C24H42N4O9S/c1-25-24(38)26-21-4-2-20(3-5-21)16-22(28(10-12-29)11-15-37-34)17-27(18-23(30)31)9-6-19(7-13-35-32)8-14-36-33/h2-5,19,22,29,32-34H,6-18H2,1H3,(H,30,31)(H2,25,26,38).